The normalized spacial score (nSPS) is 24.9. The molecule has 106 valence electrons. The van der Waals surface area contributed by atoms with Crippen LogP contribution in [0.1, 0.15) is 44.6 Å². The lowest BCUT2D eigenvalue weighted by molar-refractivity contribution is -0.204. The molecular formula is C14H22N2O3. The maximum atomic E-state index is 10.8. The van der Waals surface area contributed by atoms with Crippen LogP contribution < -0.4 is 0 Å². The number of aliphatic hydroxyl groups is 1. The zero-order chi connectivity index (χ0) is 13.3. The van der Waals surface area contributed by atoms with Crippen LogP contribution >= 0.6 is 0 Å². The monoisotopic (exact) mass is 266 g/mol. The molecule has 0 aromatic carbocycles. The third-order valence-electron chi connectivity index (χ3n) is 4.28. The summed E-state index contributed by atoms with van der Waals surface area (Å²) in [6.45, 7) is 4.36. The Kier molecular flexibility index (Phi) is 3.37. The van der Waals surface area contributed by atoms with E-state index in [0.29, 0.717) is 26.1 Å². The smallest absolute Gasteiger partial charge is 0.168 e. The largest absolute Gasteiger partial charge is 0.385 e. The molecule has 2 aliphatic rings. The summed E-state index contributed by atoms with van der Waals surface area (Å²) in [5.41, 5.74) is 0.154. The average molecular weight is 266 g/mol. The van der Waals surface area contributed by atoms with E-state index in [1.807, 2.05) is 10.9 Å². The maximum Gasteiger partial charge on any atom is 0.168 e. The van der Waals surface area contributed by atoms with Gasteiger partial charge in [-0.2, -0.15) is 5.10 Å². The molecule has 1 saturated carbocycles. The van der Waals surface area contributed by atoms with Gasteiger partial charge in [0.1, 0.15) is 0 Å². The molecule has 1 aliphatic heterocycles. The van der Waals surface area contributed by atoms with Crippen molar-refractivity contribution in [1.82, 2.24) is 9.78 Å². The van der Waals surface area contributed by atoms with Crippen molar-refractivity contribution in [3.05, 3.63) is 18.0 Å². The minimum absolute atomic E-state index is 0.425. The Morgan fingerprint density at radius 2 is 1.95 bits per heavy atom. The second-order valence-corrected chi connectivity index (χ2v) is 5.63. The first-order valence-electron chi connectivity index (χ1n) is 7.19. The Balaban J connectivity index is 1.70. The van der Waals surface area contributed by atoms with Crippen molar-refractivity contribution in [2.24, 2.45) is 0 Å². The third kappa shape index (κ3) is 2.42. The van der Waals surface area contributed by atoms with Crippen molar-refractivity contribution in [3.8, 4) is 0 Å². The van der Waals surface area contributed by atoms with Crippen LogP contribution in [0.3, 0.4) is 0 Å². The van der Waals surface area contributed by atoms with Gasteiger partial charge in [0.25, 0.3) is 0 Å². The van der Waals surface area contributed by atoms with Gasteiger partial charge in [-0.05, 0) is 19.3 Å². The van der Waals surface area contributed by atoms with Gasteiger partial charge < -0.3 is 14.6 Å². The summed E-state index contributed by atoms with van der Waals surface area (Å²) in [5, 5.41) is 15.1. The molecule has 2 fully saturated rings. The first-order chi connectivity index (χ1) is 9.16. The average Bonchev–Trinajstić information content (AvgIpc) is 3.05. The van der Waals surface area contributed by atoms with Crippen molar-refractivity contribution < 1.29 is 14.6 Å². The van der Waals surface area contributed by atoms with Gasteiger partial charge in [-0.15, -0.1) is 0 Å². The lowest BCUT2D eigenvalue weighted by atomic mass is 9.78. The first-order valence-corrected chi connectivity index (χ1v) is 7.19. The highest BCUT2D eigenvalue weighted by Gasteiger charge is 2.46. The molecule has 3 rings (SSSR count). The fourth-order valence-corrected chi connectivity index (χ4v) is 3.07. The SMILES string of the molecule is CCCn1cc(C2(O)CCC3(CC2)OCCO3)cn1. The molecule has 0 amide bonds. The highest BCUT2D eigenvalue weighted by atomic mass is 16.7. The van der Waals surface area contributed by atoms with Crippen molar-refractivity contribution in [2.75, 3.05) is 13.2 Å². The van der Waals surface area contributed by atoms with Crippen molar-refractivity contribution in [1.29, 1.82) is 0 Å². The molecule has 2 heterocycles. The third-order valence-corrected chi connectivity index (χ3v) is 4.28. The summed E-state index contributed by atoms with van der Waals surface area (Å²) in [4.78, 5) is 0. The van der Waals surface area contributed by atoms with Gasteiger partial charge in [-0.25, -0.2) is 0 Å². The second kappa shape index (κ2) is 4.89. The molecule has 19 heavy (non-hydrogen) atoms. The number of aryl methyl sites for hydroxylation is 1. The Bertz CT molecular complexity index is 428. The summed E-state index contributed by atoms with van der Waals surface area (Å²) in [6, 6.07) is 0. The standard InChI is InChI=1S/C14H22N2O3/c1-2-7-16-11-12(10-15-16)13(17)3-5-14(6-4-13)18-8-9-19-14/h10-11,17H,2-9H2,1H3. The van der Waals surface area contributed by atoms with Crippen molar-refractivity contribution in [2.45, 2.75) is 57.0 Å². The van der Waals surface area contributed by atoms with E-state index in [-0.39, 0.29) is 0 Å². The highest BCUT2D eigenvalue weighted by molar-refractivity contribution is 5.17. The quantitative estimate of drug-likeness (QED) is 0.906. The number of hydrogen-bond acceptors (Lipinski definition) is 4. The Labute approximate surface area is 113 Å². The van der Waals surface area contributed by atoms with Gasteiger partial charge in [-0.1, -0.05) is 6.92 Å². The van der Waals surface area contributed by atoms with Gasteiger partial charge in [0, 0.05) is 31.1 Å². The summed E-state index contributed by atoms with van der Waals surface area (Å²) in [7, 11) is 0. The van der Waals surface area contributed by atoms with Crippen LogP contribution in [-0.4, -0.2) is 33.9 Å². The predicted molar refractivity (Wildman–Crippen MR) is 69.5 cm³/mol. The fraction of sp³-hybridized carbons (Fsp3) is 0.786. The molecular weight excluding hydrogens is 244 g/mol. The lowest BCUT2D eigenvalue weighted by Crippen LogP contribution is -2.41. The molecule has 0 radical (unpaired) electrons. The van der Waals surface area contributed by atoms with Crippen LogP contribution in [-0.2, 0) is 21.6 Å². The van der Waals surface area contributed by atoms with E-state index in [4.69, 9.17) is 9.47 Å². The van der Waals surface area contributed by atoms with E-state index in [1.54, 1.807) is 6.20 Å². The molecule has 0 bridgehead atoms. The van der Waals surface area contributed by atoms with E-state index >= 15 is 0 Å². The minimum atomic E-state index is -0.771. The molecule has 1 aromatic rings. The summed E-state index contributed by atoms with van der Waals surface area (Å²) in [5.74, 6) is -0.425. The Morgan fingerprint density at radius 1 is 1.26 bits per heavy atom. The summed E-state index contributed by atoms with van der Waals surface area (Å²) in [6.07, 6.45) is 7.66. The highest BCUT2D eigenvalue weighted by Crippen LogP contribution is 2.44. The van der Waals surface area contributed by atoms with Crippen LogP contribution in [0.25, 0.3) is 0 Å². The van der Waals surface area contributed by atoms with Crippen molar-refractivity contribution >= 4 is 0 Å². The molecule has 5 nitrogen and oxygen atoms in total. The zero-order valence-electron chi connectivity index (χ0n) is 11.5. The van der Waals surface area contributed by atoms with Crippen LogP contribution in [0.4, 0.5) is 0 Å². The van der Waals surface area contributed by atoms with Gasteiger partial charge in [0.2, 0.25) is 0 Å². The van der Waals surface area contributed by atoms with Gasteiger partial charge in [0.05, 0.1) is 25.0 Å². The maximum absolute atomic E-state index is 10.8. The molecule has 0 atom stereocenters. The van der Waals surface area contributed by atoms with Gasteiger partial charge in [-0.3, -0.25) is 4.68 Å². The summed E-state index contributed by atoms with van der Waals surface area (Å²) >= 11 is 0. The molecule has 1 saturated heterocycles. The fourth-order valence-electron chi connectivity index (χ4n) is 3.07. The van der Waals surface area contributed by atoms with Gasteiger partial charge in [0.15, 0.2) is 5.79 Å². The number of nitrogens with zero attached hydrogens (tertiary/aromatic N) is 2. The topological polar surface area (TPSA) is 56.5 Å². The minimum Gasteiger partial charge on any atom is -0.385 e. The predicted octanol–water partition coefficient (Wildman–Crippen LogP) is 1.80. The molecule has 1 spiro atoms. The van der Waals surface area contributed by atoms with Crippen LogP contribution in [0.15, 0.2) is 12.4 Å². The van der Waals surface area contributed by atoms with E-state index in [2.05, 4.69) is 12.0 Å². The van der Waals surface area contributed by atoms with E-state index in [9.17, 15) is 5.11 Å². The van der Waals surface area contributed by atoms with E-state index in [0.717, 1.165) is 31.4 Å². The van der Waals surface area contributed by atoms with E-state index in [1.165, 1.54) is 0 Å². The lowest BCUT2D eigenvalue weighted by Gasteiger charge is -2.40. The number of hydrogen-bond donors (Lipinski definition) is 1. The number of aromatic nitrogens is 2. The first kappa shape index (κ1) is 13.1. The molecule has 1 N–H and O–H groups in total. The van der Waals surface area contributed by atoms with Crippen LogP contribution in [0.5, 0.6) is 0 Å². The number of ether oxygens (including phenoxy) is 2. The van der Waals surface area contributed by atoms with Gasteiger partial charge >= 0.3 is 0 Å². The Morgan fingerprint density at radius 3 is 2.58 bits per heavy atom. The van der Waals surface area contributed by atoms with Crippen LogP contribution in [0, 0.1) is 0 Å². The van der Waals surface area contributed by atoms with Crippen LogP contribution in [0.2, 0.25) is 0 Å². The Hall–Kier alpha value is -0.910. The zero-order valence-corrected chi connectivity index (χ0v) is 11.5. The van der Waals surface area contributed by atoms with Crippen molar-refractivity contribution in [3.63, 3.8) is 0 Å². The molecule has 0 unspecified atom stereocenters. The second-order valence-electron chi connectivity index (χ2n) is 5.63. The summed E-state index contributed by atoms with van der Waals surface area (Å²) < 4.78 is 13.3. The molecule has 5 heteroatoms. The number of rotatable bonds is 3. The molecule has 1 aliphatic carbocycles. The van der Waals surface area contributed by atoms with E-state index < -0.39 is 11.4 Å². The molecule has 1 aromatic heterocycles.